The SMILES string of the molecule is COC[C@H](NC(=O)C(F)(F)C(O)C(Cc1ccc(O)cc1)NC(=O)OC(C)(C)C)C(C)C. The van der Waals surface area contributed by atoms with Crippen LogP contribution < -0.4 is 10.6 Å². The number of aliphatic hydroxyl groups excluding tert-OH is 1. The fraction of sp³-hybridized carbons (Fsp3) is 0.636. The lowest BCUT2D eigenvalue weighted by Crippen LogP contribution is -2.60. The predicted molar refractivity (Wildman–Crippen MR) is 115 cm³/mol. The zero-order valence-electron chi connectivity index (χ0n) is 19.3. The second-order valence-corrected chi connectivity index (χ2v) is 8.97. The summed E-state index contributed by atoms with van der Waals surface area (Å²) in [6.07, 6.45) is -3.81. The lowest BCUT2D eigenvalue weighted by Gasteiger charge is -2.32. The van der Waals surface area contributed by atoms with Gasteiger partial charge in [0, 0.05) is 7.11 Å². The van der Waals surface area contributed by atoms with Crippen LogP contribution in [0, 0.1) is 5.92 Å². The number of carbonyl (C=O) groups is 2. The van der Waals surface area contributed by atoms with Crippen LogP contribution >= 0.6 is 0 Å². The number of aliphatic hydroxyl groups is 1. The van der Waals surface area contributed by atoms with Gasteiger partial charge in [-0.25, -0.2) is 4.79 Å². The minimum Gasteiger partial charge on any atom is -0.508 e. The Balaban J connectivity index is 3.11. The molecule has 0 aromatic heterocycles. The summed E-state index contributed by atoms with van der Waals surface area (Å²) in [4.78, 5) is 24.6. The molecule has 0 spiro atoms. The number of aromatic hydroxyl groups is 1. The van der Waals surface area contributed by atoms with E-state index >= 15 is 0 Å². The number of nitrogens with one attached hydrogen (secondary N) is 2. The molecule has 32 heavy (non-hydrogen) atoms. The van der Waals surface area contributed by atoms with E-state index in [1.165, 1.54) is 31.4 Å². The molecule has 182 valence electrons. The molecule has 4 N–H and O–H groups in total. The van der Waals surface area contributed by atoms with Crippen LogP contribution in [-0.4, -0.2) is 65.6 Å². The summed E-state index contributed by atoms with van der Waals surface area (Å²) in [5.41, 5.74) is -0.457. The van der Waals surface area contributed by atoms with Crippen molar-refractivity contribution in [3.8, 4) is 5.75 Å². The summed E-state index contributed by atoms with van der Waals surface area (Å²) < 4.78 is 40.0. The number of phenolic OH excluding ortho intramolecular Hbond substituents is 1. The van der Waals surface area contributed by atoms with Gasteiger partial charge in [0.05, 0.1) is 18.7 Å². The van der Waals surface area contributed by atoms with E-state index in [1.807, 2.05) is 0 Å². The second kappa shape index (κ2) is 11.4. The molecule has 1 rings (SSSR count). The third-order valence-corrected chi connectivity index (χ3v) is 4.62. The van der Waals surface area contributed by atoms with Gasteiger partial charge >= 0.3 is 12.0 Å². The fourth-order valence-electron chi connectivity index (χ4n) is 2.82. The van der Waals surface area contributed by atoms with Gasteiger partial charge in [0.15, 0.2) is 0 Å². The Labute approximate surface area is 187 Å². The summed E-state index contributed by atoms with van der Waals surface area (Å²) in [5.74, 6) is -6.13. The largest absolute Gasteiger partial charge is 0.508 e. The number of carbonyl (C=O) groups excluding carboxylic acids is 2. The van der Waals surface area contributed by atoms with E-state index in [2.05, 4.69) is 10.6 Å². The molecule has 2 unspecified atom stereocenters. The highest BCUT2D eigenvalue weighted by atomic mass is 19.3. The van der Waals surface area contributed by atoms with E-state index in [-0.39, 0.29) is 24.7 Å². The summed E-state index contributed by atoms with van der Waals surface area (Å²) >= 11 is 0. The molecule has 3 atom stereocenters. The molecular formula is C22H34F2N2O6. The van der Waals surface area contributed by atoms with Crippen molar-refractivity contribution in [3.63, 3.8) is 0 Å². The summed E-state index contributed by atoms with van der Waals surface area (Å²) in [5, 5.41) is 24.4. The smallest absolute Gasteiger partial charge is 0.407 e. The topological polar surface area (TPSA) is 117 Å². The summed E-state index contributed by atoms with van der Waals surface area (Å²) in [7, 11) is 1.38. The zero-order valence-corrected chi connectivity index (χ0v) is 19.3. The first-order valence-electron chi connectivity index (χ1n) is 10.3. The van der Waals surface area contributed by atoms with Crippen molar-refractivity contribution < 1.29 is 38.1 Å². The molecule has 2 amide bonds. The fourth-order valence-corrected chi connectivity index (χ4v) is 2.82. The highest BCUT2D eigenvalue weighted by molar-refractivity contribution is 5.84. The average molecular weight is 461 g/mol. The van der Waals surface area contributed by atoms with Crippen LogP contribution in [0.3, 0.4) is 0 Å². The van der Waals surface area contributed by atoms with Gasteiger partial charge in [0.2, 0.25) is 0 Å². The minimum absolute atomic E-state index is 0.0165. The van der Waals surface area contributed by atoms with E-state index in [0.717, 1.165) is 0 Å². The van der Waals surface area contributed by atoms with Crippen molar-refractivity contribution in [3.05, 3.63) is 29.8 Å². The number of rotatable bonds is 10. The van der Waals surface area contributed by atoms with Gasteiger partial charge in [-0.3, -0.25) is 4.79 Å². The Kier molecular flexibility index (Phi) is 9.84. The molecule has 0 aliphatic carbocycles. The molecule has 0 bridgehead atoms. The molecule has 0 aliphatic rings. The molecule has 0 radical (unpaired) electrons. The Bertz CT molecular complexity index is 750. The molecular weight excluding hydrogens is 426 g/mol. The van der Waals surface area contributed by atoms with Gasteiger partial charge in [-0.05, 0) is 50.8 Å². The molecule has 0 heterocycles. The first kappa shape index (κ1) is 27.6. The molecule has 0 aliphatic heterocycles. The number of methoxy groups -OCH3 is 1. The van der Waals surface area contributed by atoms with Gasteiger partial charge in [-0.2, -0.15) is 8.78 Å². The van der Waals surface area contributed by atoms with E-state index in [1.54, 1.807) is 34.6 Å². The lowest BCUT2D eigenvalue weighted by atomic mass is 9.96. The number of alkyl carbamates (subject to hydrolysis) is 1. The normalized spacial score (nSPS) is 15.1. The van der Waals surface area contributed by atoms with E-state index in [4.69, 9.17) is 9.47 Å². The molecule has 8 nitrogen and oxygen atoms in total. The minimum atomic E-state index is -4.22. The number of amides is 2. The molecule has 0 fully saturated rings. The summed E-state index contributed by atoms with van der Waals surface area (Å²) in [6, 6.07) is 3.34. The van der Waals surface area contributed by atoms with Crippen molar-refractivity contribution in [1.29, 1.82) is 0 Å². The van der Waals surface area contributed by atoms with Crippen LogP contribution in [0.4, 0.5) is 13.6 Å². The number of hydrogen-bond acceptors (Lipinski definition) is 6. The van der Waals surface area contributed by atoms with Crippen molar-refractivity contribution >= 4 is 12.0 Å². The molecule has 0 saturated heterocycles. The van der Waals surface area contributed by atoms with Gasteiger partial charge in [0.1, 0.15) is 17.5 Å². The highest BCUT2D eigenvalue weighted by Gasteiger charge is 2.51. The molecule has 10 heteroatoms. The molecule has 0 saturated carbocycles. The standard InChI is InChI=1S/C22H34F2N2O6/c1-13(2)17(12-31-6)25-19(29)22(23,24)18(28)16(26-20(30)32-21(3,4)5)11-14-7-9-15(27)10-8-14/h7-10,13,16-18,27-28H,11-12H2,1-6H3,(H,25,29)(H,26,30)/t16?,17-,18?/m0/s1. The number of halogens is 2. The van der Waals surface area contributed by atoms with Crippen molar-refractivity contribution in [2.24, 2.45) is 5.92 Å². The predicted octanol–water partition coefficient (Wildman–Crippen LogP) is 2.61. The third kappa shape index (κ3) is 8.58. The van der Waals surface area contributed by atoms with Gasteiger partial charge in [0.25, 0.3) is 5.91 Å². The van der Waals surface area contributed by atoms with Crippen LogP contribution in [0.15, 0.2) is 24.3 Å². The molecule has 1 aromatic rings. The first-order chi connectivity index (χ1) is 14.7. The quantitative estimate of drug-likeness (QED) is 0.427. The number of hydrogen-bond donors (Lipinski definition) is 4. The maximum atomic E-state index is 14.9. The van der Waals surface area contributed by atoms with Crippen molar-refractivity contribution in [1.82, 2.24) is 10.6 Å². The van der Waals surface area contributed by atoms with Crippen molar-refractivity contribution in [2.45, 2.75) is 70.8 Å². The third-order valence-electron chi connectivity index (χ3n) is 4.62. The maximum Gasteiger partial charge on any atom is 0.407 e. The van der Waals surface area contributed by atoms with E-state index in [0.29, 0.717) is 5.56 Å². The number of ether oxygens (including phenoxy) is 2. The highest BCUT2D eigenvalue weighted by Crippen LogP contribution is 2.25. The summed E-state index contributed by atoms with van der Waals surface area (Å²) in [6.45, 7) is 8.28. The van der Waals surface area contributed by atoms with Gasteiger partial charge in [-0.1, -0.05) is 26.0 Å². The van der Waals surface area contributed by atoms with Crippen LogP contribution in [0.2, 0.25) is 0 Å². The van der Waals surface area contributed by atoms with Crippen LogP contribution in [0.25, 0.3) is 0 Å². The Morgan fingerprint density at radius 2 is 1.62 bits per heavy atom. The van der Waals surface area contributed by atoms with E-state index < -0.39 is 41.7 Å². The number of alkyl halides is 2. The van der Waals surface area contributed by atoms with E-state index in [9.17, 15) is 28.6 Å². The monoisotopic (exact) mass is 460 g/mol. The Hall–Kier alpha value is -2.46. The first-order valence-corrected chi connectivity index (χ1v) is 10.3. The Morgan fingerprint density at radius 3 is 2.09 bits per heavy atom. The zero-order chi connectivity index (χ0) is 24.7. The van der Waals surface area contributed by atoms with Crippen LogP contribution in [0.5, 0.6) is 5.75 Å². The lowest BCUT2D eigenvalue weighted by molar-refractivity contribution is -0.168. The average Bonchev–Trinajstić information content (AvgIpc) is 2.66. The van der Waals surface area contributed by atoms with Crippen LogP contribution in [-0.2, 0) is 20.7 Å². The molecule has 1 aromatic carbocycles. The maximum absolute atomic E-state index is 14.9. The van der Waals surface area contributed by atoms with Crippen LogP contribution in [0.1, 0.15) is 40.2 Å². The Morgan fingerprint density at radius 1 is 1.06 bits per heavy atom. The number of benzene rings is 1. The number of phenols is 1. The second-order valence-electron chi connectivity index (χ2n) is 8.97. The van der Waals surface area contributed by atoms with Gasteiger partial charge < -0.3 is 30.3 Å². The van der Waals surface area contributed by atoms with Crippen molar-refractivity contribution in [2.75, 3.05) is 13.7 Å². The van der Waals surface area contributed by atoms with Gasteiger partial charge in [-0.15, -0.1) is 0 Å².